The lowest BCUT2D eigenvalue weighted by Crippen LogP contribution is -2.51. The number of nitrogens with one attached hydrogen (secondary N) is 2. The van der Waals surface area contributed by atoms with Gasteiger partial charge in [-0.3, -0.25) is 13.9 Å². The molecule has 2 atom stereocenters. The van der Waals surface area contributed by atoms with Crippen LogP contribution in [-0.2, 0) is 11.8 Å². The molecule has 0 spiro atoms. The van der Waals surface area contributed by atoms with Gasteiger partial charge in [-0.2, -0.15) is 0 Å². The van der Waals surface area contributed by atoms with Gasteiger partial charge in [0.2, 0.25) is 5.91 Å². The number of imidazole rings is 1. The number of para-hydroxylation sites is 1. The second kappa shape index (κ2) is 8.53. The van der Waals surface area contributed by atoms with E-state index in [9.17, 15) is 14.7 Å². The molecule has 1 aromatic carbocycles. The molecule has 3 aliphatic rings. The number of aryl methyl sites for hydroxylation is 1. The van der Waals surface area contributed by atoms with Crippen LogP contribution in [-0.4, -0.2) is 77.1 Å². The van der Waals surface area contributed by atoms with Crippen LogP contribution < -0.4 is 21.2 Å². The first-order valence-corrected chi connectivity index (χ1v) is 11.8. The third-order valence-corrected chi connectivity index (χ3v) is 7.56. The lowest BCUT2D eigenvalue weighted by Gasteiger charge is -2.40. The normalized spacial score (nSPS) is 25.4. The van der Waals surface area contributed by atoms with E-state index >= 15 is 0 Å². The minimum atomic E-state index is -0.833. The first-order chi connectivity index (χ1) is 15.4. The van der Waals surface area contributed by atoms with Crippen molar-refractivity contribution in [3.63, 3.8) is 0 Å². The molecule has 9 nitrogen and oxygen atoms in total. The number of carbonyl (C=O) groups excluding carboxylic acids is 1. The van der Waals surface area contributed by atoms with Gasteiger partial charge in [0, 0.05) is 45.8 Å². The molecule has 3 fully saturated rings. The molecule has 3 saturated heterocycles. The SMILES string of the molecule is CN(CC1CNC1)C1CCN(c2cccc3c2n(C)c(=O)n3C2CCC(O)NC2=O)CC1. The number of benzene rings is 1. The van der Waals surface area contributed by atoms with Crippen molar-refractivity contribution in [3.05, 3.63) is 28.7 Å². The van der Waals surface area contributed by atoms with Crippen LogP contribution in [0.2, 0.25) is 0 Å². The second-order valence-electron chi connectivity index (χ2n) is 9.66. The van der Waals surface area contributed by atoms with Crippen LogP contribution >= 0.6 is 0 Å². The summed E-state index contributed by atoms with van der Waals surface area (Å²) < 4.78 is 3.28. The molecular formula is C23H34N6O3. The number of hydrogen-bond acceptors (Lipinski definition) is 6. The Labute approximate surface area is 188 Å². The summed E-state index contributed by atoms with van der Waals surface area (Å²) in [6.07, 6.45) is 2.26. The van der Waals surface area contributed by atoms with E-state index in [1.165, 1.54) is 0 Å². The Morgan fingerprint density at radius 3 is 2.53 bits per heavy atom. The maximum atomic E-state index is 13.2. The number of amides is 1. The maximum absolute atomic E-state index is 13.2. The van der Waals surface area contributed by atoms with Gasteiger partial charge in [0.15, 0.2) is 0 Å². The van der Waals surface area contributed by atoms with Crippen LogP contribution in [0.25, 0.3) is 11.0 Å². The molecule has 0 saturated carbocycles. The molecule has 2 unspecified atom stereocenters. The zero-order valence-electron chi connectivity index (χ0n) is 19.0. The number of carbonyl (C=O) groups is 1. The van der Waals surface area contributed by atoms with Gasteiger partial charge in [-0.05, 0) is 50.8 Å². The fourth-order valence-corrected chi connectivity index (χ4v) is 5.58. The average Bonchev–Trinajstić information content (AvgIpc) is 3.01. The number of aliphatic hydroxyl groups is 1. The summed E-state index contributed by atoms with van der Waals surface area (Å²) in [6.45, 7) is 5.32. The Morgan fingerprint density at radius 1 is 1.12 bits per heavy atom. The lowest BCUT2D eigenvalue weighted by molar-refractivity contribution is -0.130. The Hall–Kier alpha value is -2.36. The second-order valence-corrected chi connectivity index (χ2v) is 9.66. The van der Waals surface area contributed by atoms with E-state index in [1.54, 1.807) is 16.2 Å². The molecular weight excluding hydrogens is 408 g/mol. The van der Waals surface area contributed by atoms with E-state index in [0.29, 0.717) is 18.9 Å². The van der Waals surface area contributed by atoms with E-state index in [4.69, 9.17) is 0 Å². The highest BCUT2D eigenvalue weighted by Crippen LogP contribution is 2.32. The van der Waals surface area contributed by atoms with E-state index < -0.39 is 12.3 Å². The van der Waals surface area contributed by atoms with Crippen molar-refractivity contribution in [2.45, 2.75) is 44.0 Å². The van der Waals surface area contributed by atoms with E-state index in [0.717, 1.165) is 68.2 Å². The van der Waals surface area contributed by atoms with Gasteiger partial charge in [0.1, 0.15) is 12.3 Å². The molecule has 0 aliphatic carbocycles. The van der Waals surface area contributed by atoms with Gasteiger partial charge in [0.05, 0.1) is 16.7 Å². The number of aromatic nitrogens is 2. The number of rotatable bonds is 5. The number of fused-ring (bicyclic) bond motifs is 1. The number of hydrogen-bond donors (Lipinski definition) is 3. The average molecular weight is 443 g/mol. The summed E-state index contributed by atoms with van der Waals surface area (Å²) in [7, 11) is 4.03. The van der Waals surface area contributed by atoms with Crippen LogP contribution in [0, 0.1) is 5.92 Å². The Morgan fingerprint density at radius 2 is 1.88 bits per heavy atom. The predicted molar refractivity (Wildman–Crippen MR) is 124 cm³/mol. The number of nitrogens with zero attached hydrogens (tertiary/aromatic N) is 4. The van der Waals surface area contributed by atoms with Crippen molar-refractivity contribution < 1.29 is 9.90 Å². The van der Waals surface area contributed by atoms with Gasteiger partial charge in [-0.15, -0.1) is 0 Å². The molecule has 5 rings (SSSR count). The van der Waals surface area contributed by atoms with Crippen LogP contribution in [0.5, 0.6) is 0 Å². The zero-order chi connectivity index (χ0) is 22.4. The quantitative estimate of drug-likeness (QED) is 0.614. The van der Waals surface area contributed by atoms with Gasteiger partial charge in [0.25, 0.3) is 0 Å². The zero-order valence-corrected chi connectivity index (χ0v) is 19.0. The summed E-state index contributed by atoms with van der Waals surface area (Å²) in [5.74, 6) is 0.480. The number of aliphatic hydroxyl groups excluding tert-OH is 1. The van der Waals surface area contributed by atoms with Gasteiger partial charge in [-0.1, -0.05) is 6.07 Å². The molecule has 174 valence electrons. The van der Waals surface area contributed by atoms with E-state index in [1.807, 2.05) is 12.1 Å². The van der Waals surface area contributed by atoms with E-state index in [2.05, 4.69) is 33.5 Å². The van der Waals surface area contributed by atoms with Crippen molar-refractivity contribution in [1.29, 1.82) is 0 Å². The molecule has 3 aliphatic heterocycles. The summed E-state index contributed by atoms with van der Waals surface area (Å²) in [5, 5.41) is 15.7. The minimum absolute atomic E-state index is 0.187. The topological polar surface area (TPSA) is 94.8 Å². The Balaban J connectivity index is 1.39. The number of piperidine rings is 2. The monoisotopic (exact) mass is 442 g/mol. The summed E-state index contributed by atoms with van der Waals surface area (Å²) in [5.41, 5.74) is 2.53. The first-order valence-electron chi connectivity index (χ1n) is 11.8. The van der Waals surface area contributed by atoms with Crippen molar-refractivity contribution >= 4 is 22.6 Å². The van der Waals surface area contributed by atoms with Crippen molar-refractivity contribution in [3.8, 4) is 0 Å². The number of anilines is 1. The Kier molecular flexibility index (Phi) is 5.73. The van der Waals surface area contributed by atoms with Crippen molar-refractivity contribution in [2.24, 2.45) is 13.0 Å². The van der Waals surface area contributed by atoms with Crippen molar-refractivity contribution in [1.82, 2.24) is 24.7 Å². The molecule has 9 heteroatoms. The molecule has 1 amide bonds. The van der Waals surface area contributed by atoms with Crippen LogP contribution in [0.3, 0.4) is 0 Å². The highest BCUT2D eigenvalue weighted by atomic mass is 16.3. The summed E-state index contributed by atoms with van der Waals surface area (Å²) in [4.78, 5) is 30.6. The van der Waals surface area contributed by atoms with E-state index in [-0.39, 0.29) is 11.6 Å². The van der Waals surface area contributed by atoms with Crippen LogP contribution in [0.1, 0.15) is 31.7 Å². The summed E-state index contributed by atoms with van der Waals surface area (Å²) in [6, 6.07) is 5.99. The highest BCUT2D eigenvalue weighted by molar-refractivity contribution is 5.91. The predicted octanol–water partition coefficient (Wildman–Crippen LogP) is 0.230. The summed E-state index contributed by atoms with van der Waals surface area (Å²) >= 11 is 0. The third-order valence-electron chi connectivity index (χ3n) is 7.56. The van der Waals surface area contributed by atoms with Gasteiger partial charge in [-0.25, -0.2) is 4.79 Å². The fraction of sp³-hybridized carbons (Fsp3) is 0.652. The van der Waals surface area contributed by atoms with Gasteiger partial charge < -0.3 is 25.5 Å². The fourth-order valence-electron chi connectivity index (χ4n) is 5.58. The lowest BCUT2D eigenvalue weighted by atomic mass is 9.98. The standard InChI is InChI=1S/C23H34N6O3/c1-26(14-15-12-24-13-15)16-8-10-28(11-9-16)17-4-3-5-18-21(17)27(2)23(32)29(18)19-6-7-20(30)25-22(19)31/h3-5,15-16,19-20,24,30H,6-14H2,1-2H3,(H,25,31). The molecule has 32 heavy (non-hydrogen) atoms. The Bertz CT molecular complexity index is 1050. The van der Waals surface area contributed by atoms with Crippen LogP contribution in [0.4, 0.5) is 5.69 Å². The maximum Gasteiger partial charge on any atom is 0.329 e. The van der Waals surface area contributed by atoms with Crippen LogP contribution in [0.15, 0.2) is 23.0 Å². The molecule has 0 radical (unpaired) electrons. The molecule has 3 N–H and O–H groups in total. The minimum Gasteiger partial charge on any atom is -0.374 e. The molecule has 0 bridgehead atoms. The smallest absolute Gasteiger partial charge is 0.329 e. The third kappa shape index (κ3) is 3.72. The molecule has 4 heterocycles. The molecule has 2 aromatic rings. The van der Waals surface area contributed by atoms with Gasteiger partial charge >= 0.3 is 5.69 Å². The first kappa shape index (κ1) is 21.5. The highest BCUT2D eigenvalue weighted by Gasteiger charge is 2.33. The molecule has 1 aromatic heterocycles. The van der Waals surface area contributed by atoms with Crippen molar-refractivity contribution in [2.75, 3.05) is 44.7 Å². The largest absolute Gasteiger partial charge is 0.374 e.